The SMILES string of the molecule is COc1ccc(CC(=O)NNC(=O)COc2ccccc2F)c(OC)c1OC. The number of benzene rings is 2. The van der Waals surface area contributed by atoms with Gasteiger partial charge < -0.3 is 18.9 Å². The zero-order valence-electron chi connectivity index (χ0n) is 15.7. The summed E-state index contributed by atoms with van der Waals surface area (Å²) in [6, 6.07) is 8.99. The molecule has 0 aliphatic heterocycles. The number of hydrogen-bond donors (Lipinski definition) is 2. The van der Waals surface area contributed by atoms with Gasteiger partial charge in [-0.15, -0.1) is 0 Å². The van der Waals surface area contributed by atoms with Gasteiger partial charge in [-0.1, -0.05) is 18.2 Å². The molecular weight excluding hydrogens is 371 g/mol. The zero-order chi connectivity index (χ0) is 20.5. The van der Waals surface area contributed by atoms with Crippen molar-refractivity contribution in [1.82, 2.24) is 10.9 Å². The molecule has 2 rings (SSSR count). The number of halogens is 1. The molecule has 0 atom stereocenters. The molecule has 0 aromatic heterocycles. The van der Waals surface area contributed by atoms with E-state index in [0.29, 0.717) is 22.8 Å². The van der Waals surface area contributed by atoms with Crippen molar-refractivity contribution in [2.75, 3.05) is 27.9 Å². The monoisotopic (exact) mass is 392 g/mol. The highest BCUT2D eigenvalue weighted by Crippen LogP contribution is 2.39. The highest BCUT2D eigenvalue weighted by Gasteiger charge is 2.18. The van der Waals surface area contributed by atoms with Gasteiger partial charge in [0.05, 0.1) is 27.8 Å². The average Bonchev–Trinajstić information content (AvgIpc) is 2.71. The molecule has 28 heavy (non-hydrogen) atoms. The Kier molecular flexibility index (Phi) is 7.44. The van der Waals surface area contributed by atoms with Crippen molar-refractivity contribution in [2.45, 2.75) is 6.42 Å². The molecule has 0 spiro atoms. The van der Waals surface area contributed by atoms with E-state index in [4.69, 9.17) is 18.9 Å². The Morgan fingerprint density at radius 2 is 1.54 bits per heavy atom. The third kappa shape index (κ3) is 5.26. The van der Waals surface area contributed by atoms with Crippen LogP contribution in [0.1, 0.15) is 5.56 Å². The predicted molar refractivity (Wildman–Crippen MR) is 98.0 cm³/mol. The van der Waals surface area contributed by atoms with Gasteiger partial charge in [0.15, 0.2) is 29.7 Å². The van der Waals surface area contributed by atoms with Crippen molar-refractivity contribution >= 4 is 11.8 Å². The van der Waals surface area contributed by atoms with Crippen LogP contribution in [-0.2, 0) is 16.0 Å². The largest absolute Gasteiger partial charge is 0.493 e. The van der Waals surface area contributed by atoms with Crippen LogP contribution in [0.15, 0.2) is 36.4 Å². The van der Waals surface area contributed by atoms with Crippen LogP contribution in [0.2, 0.25) is 0 Å². The summed E-state index contributed by atoms with van der Waals surface area (Å²) in [5.74, 6) is -0.606. The van der Waals surface area contributed by atoms with Crippen molar-refractivity contribution in [3.63, 3.8) is 0 Å². The molecule has 2 amide bonds. The fourth-order valence-electron chi connectivity index (χ4n) is 2.40. The first-order chi connectivity index (χ1) is 13.5. The Morgan fingerprint density at radius 1 is 0.857 bits per heavy atom. The third-order valence-electron chi connectivity index (χ3n) is 3.67. The van der Waals surface area contributed by atoms with E-state index in [-0.39, 0.29) is 12.2 Å². The van der Waals surface area contributed by atoms with Crippen LogP contribution in [0.25, 0.3) is 0 Å². The number of ether oxygens (including phenoxy) is 4. The fourth-order valence-corrected chi connectivity index (χ4v) is 2.40. The molecule has 2 aromatic rings. The highest BCUT2D eigenvalue weighted by molar-refractivity contribution is 5.84. The van der Waals surface area contributed by atoms with Crippen molar-refractivity contribution in [2.24, 2.45) is 0 Å². The highest BCUT2D eigenvalue weighted by atomic mass is 19.1. The summed E-state index contributed by atoms with van der Waals surface area (Å²) in [6.07, 6.45) is -0.0853. The van der Waals surface area contributed by atoms with E-state index < -0.39 is 24.2 Å². The molecule has 0 aliphatic carbocycles. The average molecular weight is 392 g/mol. The van der Waals surface area contributed by atoms with Gasteiger partial charge in [0.25, 0.3) is 5.91 Å². The number of methoxy groups -OCH3 is 3. The summed E-state index contributed by atoms with van der Waals surface area (Å²) >= 11 is 0. The zero-order valence-corrected chi connectivity index (χ0v) is 15.7. The van der Waals surface area contributed by atoms with Gasteiger partial charge in [0, 0.05) is 5.56 Å². The quantitative estimate of drug-likeness (QED) is 0.663. The van der Waals surface area contributed by atoms with Gasteiger partial charge in [0.2, 0.25) is 11.7 Å². The van der Waals surface area contributed by atoms with Gasteiger partial charge in [-0.05, 0) is 18.2 Å². The Bertz CT molecular complexity index is 843. The van der Waals surface area contributed by atoms with E-state index in [0.717, 1.165) is 0 Å². The van der Waals surface area contributed by atoms with E-state index in [1.54, 1.807) is 18.2 Å². The van der Waals surface area contributed by atoms with Gasteiger partial charge in [-0.2, -0.15) is 0 Å². The van der Waals surface area contributed by atoms with Gasteiger partial charge in [-0.25, -0.2) is 4.39 Å². The number of para-hydroxylation sites is 1. The summed E-state index contributed by atoms with van der Waals surface area (Å²) in [4.78, 5) is 23.9. The maximum absolute atomic E-state index is 13.4. The van der Waals surface area contributed by atoms with Crippen LogP contribution in [0.5, 0.6) is 23.0 Å². The van der Waals surface area contributed by atoms with Crippen molar-refractivity contribution < 1.29 is 32.9 Å². The molecule has 0 fully saturated rings. The number of rotatable bonds is 8. The van der Waals surface area contributed by atoms with Crippen molar-refractivity contribution in [3.8, 4) is 23.0 Å². The number of amides is 2. The van der Waals surface area contributed by atoms with E-state index in [9.17, 15) is 14.0 Å². The molecule has 0 radical (unpaired) electrons. The van der Waals surface area contributed by atoms with E-state index in [2.05, 4.69) is 10.9 Å². The second-order valence-electron chi connectivity index (χ2n) is 5.49. The van der Waals surface area contributed by atoms with Gasteiger partial charge >= 0.3 is 0 Å². The van der Waals surface area contributed by atoms with E-state index >= 15 is 0 Å². The molecule has 0 bridgehead atoms. The summed E-state index contributed by atoms with van der Waals surface area (Å²) in [6.45, 7) is -0.457. The molecule has 0 heterocycles. The minimum atomic E-state index is -0.643. The second-order valence-corrected chi connectivity index (χ2v) is 5.49. The first-order valence-corrected chi connectivity index (χ1v) is 8.23. The maximum atomic E-state index is 13.4. The minimum absolute atomic E-state index is 0.0564. The summed E-state index contributed by atoms with van der Waals surface area (Å²) in [5.41, 5.74) is 4.99. The molecule has 9 heteroatoms. The molecule has 0 unspecified atom stereocenters. The normalized spacial score (nSPS) is 10.0. The molecular formula is C19H21FN2O6. The number of hydrogen-bond acceptors (Lipinski definition) is 6. The Morgan fingerprint density at radius 3 is 2.18 bits per heavy atom. The fraction of sp³-hybridized carbons (Fsp3) is 0.263. The molecule has 150 valence electrons. The van der Waals surface area contributed by atoms with Gasteiger partial charge in [0.1, 0.15) is 0 Å². The molecule has 2 aromatic carbocycles. The van der Waals surface area contributed by atoms with Crippen LogP contribution in [0.4, 0.5) is 4.39 Å². The Labute approximate surface area is 161 Å². The van der Waals surface area contributed by atoms with Crippen molar-refractivity contribution in [3.05, 3.63) is 47.8 Å². The predicted octanol–water partition coefficient (Wildman–Crippen LogP) is 1.62. The summed E-state index contributed by atoms with van der Waals surface area (Å²) in [5, 5.41) is 0. The second kappa shape index (κ2) is 10.0. The minimum Gasteiger partial charge on any atom is -0.493 e. The Balaban J connectivity index is 1.90. The molecule has 0 aliphatic rings. The first kappa shape index (κ1) is 20.8. The molecule has 0 saturated carbocycles. The third-order valence-corrected chi connectivity index (χ3v) is 3.67. The molecule has 0 saturated heterocycles. The number of carbonyl (C=O) groups is 2. The van der Waals surface area contributed by atoms with Crippen LogP contribution in [0.3, 0.4) is 0 Å². The van der Waals surface area contributed by atoms with Crippen LogP contribution in [0, 0.1) is 5.82 Å². The standard InChI is InChI=1S/C19H21FN2O6/c1-25-15-9-8-12(18(26-2)19(15)27-3)10-16(23)21-22-17(24)11-28-14-7-5-4-6-13(14)20/h4-9H,10-11H2,1-3H3,(H,21,23)(H,22,24). The van der Waals surface area contributed by atoms with Crippen molar-refractivity contribution in [1.29, 1.82) is 0 Å². The molecule has 8 nitrogen and oxygen atoms in total. The molecule has 2 N–H and O–H groups in total. The maximum Gasteiger partial charge on any atom is 0.276 e. The number of hydrazine groups is 1. The number of carbonyl (C=O) groups excluding carboxylic acids is 2. The number of nitrogens with one attached hydrogen (secondary N) is 2. The van der Waals surface area contributed by atoms with Crippen LogP contribution >= 0.6 is 0 Å². The van der Waals surface area contributed by atoms with E-state index in [1.165, 1.54) is 39.5 Å². The summed E-state index contributed by atoms with van der Waals surface area (Å²) in [7, 11) is 4.39. The van der Waals surface area contributed by atoms with Crippen LogP contribution < -0.4 is 29.8 Å². The first-order valence-electron chi connectivity index (χ1n) is 8.23. The summed E-state index contributed by atoms with van der Waals surface area (Å²) < 4.78 is 34.2. The topological polar surface area (TPSA) is 95.1 Å². The Hall–Kier alpha value is -3.49. The smallest absolute Gasteiger partial charge is 0.276 e. The lowest BCUT2D eigenvalue weighted by Crippen LogP contribution is -2.44. The van der Waals surface area contributed by atoms with E-state index in [1.807, 2.05) is 0 Å². The van der Waals surface area contributed by atoms with Crippen LogP contribution in [-0.4, -0.2) is 39.8 Å². The van der Waals surface area contributed by atoms with Gasteiger partial charge in [-0.3, -0.25) is 20.4 Å². The lowest BCUT2D eigenvalue weighted by Gasteiger charge is -2.15. The lowest BCUT2D eigenvalue weighted by molar-refractivity contribution is -0.129. The lowest BCUT2D eigenvalue weighted by atomic mass is 10.1.